The van der Waals surface area contributed by atoms with Crippen LogP contribution in [-0.4, -0.2) is 9.13 Å². The summed E-state index contributed by atoms with van der Waals surface area (Å²) in [7, 11) is 0. The predicted molar refractivity (Wildman–Crippen MR) is 173 cm³/mol. The van der Waals surface area contributed by atoms with Crippen molar-refractivity contribution in [2.24, 2.45) is 0 Å². The summed E-state index contributed by atoms with van der Waals surface area (Å²) >= 11 is 0. The third-order valence-corrected chi connectivity index (χ3v) is 8.51. The van der Waals surface area contributed by atoms with Gasteiger partial charge in [-0.15, -0.1) is 0 Å². The number of rotatable bonds is 4. The molecule has 4 heteroatoms. The standard InChI is InChI=1S/C38H30N4/c1-23(2)35-29(21-39)37(41-31-17-9-5-13-25(31)26-14-6-10-18-32(26)41)30(22-40)36(24(3)4)38(35)42-33-19-11-7-15-27(33)28-16-8-12-20-34(28)42/h5-20,23-24H,1-4H3. The fourth-order valence-corrected chi connectivity index (χ4v) is 6.90. The Bertz CT molecular complexity index is 2130. The molecule has 42 heavy (non-hydrogen) atoms. The number of benzene rings is 5. The highest BCUT2D eigenvalue weighted by atomic mass is 15.0. The predicted octanol–water partition coefficient (Wildman–Crippen LogP) is 9.87. The Kier molecular flexibility index (Phi) is 5.89. The zero-order valence-electron chi connectivity index (χ0n) is 24.2. The normalized spacial score (nSPS) is 11.7. The Balaban J connectivity index is 1.76. The molecular formula is C38H30N4. The largest absolute Gasteiger partial charge is 0.309 e. The fourth-order valence-electron chi connectivity index (χ4n) is 6.90. The van der Waals surface area contributed by atoms with Crippen molar-refractivity contribution in [1.29, 1.82) is 10.5 Å². The molecule has 0 unspecified atom stereocenters. The summed E-state index contributed by atoms with van der Waals surface area (Å²) in [6.45, 7) is 8.61. The first-order valence-corrected chi connectivity index (χ1v) is 14.5. The van der Waals surface area contributed by atoms with E-state index < -0.39 is 0 Å². The zero-order chi connectivity index (χ0) is 29.1. The molecule has 4 nitrogen and oxygen atoms in total. The molecule has 7 rings (SSSR count). The van der Waals surface area contributed by atoms with Crippen LogP contribution in [0.25, 0.3) is 55.0 Å². The second-order valence-corrected chi connectivity index (χ2v) is 11.5. The van der Waals surface area contributed by atoms with Gasteiger partial charge in [-0.25, -0.2) is 0 Å². The summed E-state index contributed by atoms with van der Waals surface area (Å²) in [5.41, 5.74) is 8.77. The quantitative estimate of drug-likeness (QED) is 0.222. The maximum Gasteiger partial charge on any atom is 0.102 e. The number of hydrogen-bond donors (Lipinski definition) is 0. The van der Waals surface area contributed by atoms with E-state index in [9.17, 15) is 10.5 Å². The third kappa shape index (κ3) is 3.46. The molecule has 2 heterocycles. The fraction of sp³-hybridized carbons (Fsp3) is 0.158. The van der Waals surface area contributed by atoms with Crippen molar-refractivity contribution >= 4 is 43.6 Å². The van der Waals surface area contributed by atoms with Crippen LogP contribution in [0.5, 0.6) is 0 Å². The molecule has 2 aromatic heterocycles. The molecular weight excluding hydrogens is 512 g/mol. The van der Waals surface area contributed by atoms with Crippen molar-refractivity contribution in [2.75, 3.05) is 0 Å². The maximum absolute atomic E-state index is 11.0. The summed E-state index contributed by atoms with van der Waals surface area (Å²) < 4.78 is 4.45. The van der Waals surface area contributed by atoms with Crippen molar-refractivity contribution in [1.82, 2.24) is 9.13 Å². The Morgan fingerprint density at radius 1 is 0.452 bits per heavy atom. The number of fused-ring (bicyclic) bond motifs is 6. The van der Waals surface area contributed by atoms with Gasteiger partial charge in [0.15, 0.2) is 0 Å². The van der Waals surface area contributed by atoms with Crippen LogP contribution in [0.1, 0.15) is 61.8 Å². The van der Waals surface area contributed by atoms with Crippen LogP contribution >= 0.6 is 0 Å². The average molecular weight is 543 g/mol. The van der Waals surface area contributed by atoms with Crippen molar-refractivity contribution in [3.8, 4) is 23.5 Å². The molecule has 0 amide bonds. The van der Waals surface area contributed by atoms with E-state index in [1.807, 2.05) is 24.3 Å². The van der Waals surface area contributed by atoms with Crippen LogP contribution in [-0.2, 0) is 0 Å². The van der Waals surface area contributed by atoms with Crippen molar-refractivity contribution in [2.45, 2.75) is 39.5 Å². The second-order valence-electron chi connectivity index (χ2n) is 11.5. The lowest BCUT2D eigenvalue weighted by Gasteiger charge is -2.27. The summed E-state index contributed by atoms with van der Waals surface area (Å²) in [4.78, 5) is 0. The van der Waals surface area contributed by atoms with Crippen LogP contribution in [0.15, 0.2) is 97.1 Å². The number of hydrogen-bond acceptors (Lipinski definition) is 2. The van der Waals surface area contributed by atoms with Gasteiger partial charge in [0.1, 0.15) is 12.1 Å². The highest BCUT2D eigenvalue weighted by Crippen LogP contribution is 2.45. The molecule has 202 valence electrons. The van der Waals surface area contributed by atoms with Gasteiger partial charge in [0.25, 0.3) is 0 Å². The van der Waals surface area contributed by atoms with Gasteiger partial charge in [0.05, 0.1) is 44.6 Å². The summed E-state index contributed by atoms with van der Waals surface area (Å²) in [6.07, 6.45) is 0. The van der Waals surface area contributed by atoms with E-state index in [1.165, 1.54) is 0 Å². The van der Waals surface area contributed by atoms with Crippen LogP contribution in [0, 0.1) is 22.7 Å². The van der Waals surface area contributed by atoms with Gasteiger partial charge >= 0.3 is 0 Å². The monoisotopic (exact) mass is 542 g/mol. The Morgan fingerprint density at radius 2 is 0.738 bits per heavy atom. The van der Waals surface area contributed by atoms with Gasteiger partial charge in [-0.3, -0.25) is 0 Å². The van der Waals surface area contributed by atoms with Crippen molar-refractivity contribution < 1.29 is 0 Å². The lowest BCUT2D eigenvalue weighted by Crippen LogP contribution is -2.16. The highest BCUT2D eigenvalue weighted by Gasteiger charge is 2.31. The van der Waals surface area contributed by atoms with Gasteiger partial charge in [-0.2, -0.15) is 10.5 Å². The first-order valence-electron chi connectivity index (χ1n) is 14.5. The van der Waals surface area contributed by atoms with Gasteiger partial charge in [0, 0.05) is 21.5 Å². The topological polar surface area (TPSA) is 57.4 Å². The van der Waals surface area contributed by atoms with E-state index in [2.05, 4.69) is 122 Å². The number of para-hydroxylation sites is 4. The smallest absolute Gasteiger partial charge is 0.102 e. The highest BCUT2D eigenvalue weighted by molar-refractivity contribution is 6.11. The zero-order valence-corrected chi connectivity index (χ0v) is 24.2. The van der Waals surface area contributed by atoms with Crippen LogP contribution < -0.4 is 0 Å². The molecule has 7 aromatic rings. The Hall–Kier alpha value is -5.32. The van der Waals surface area contributed by atoms with Gasteiger partial charge in [0.2, 0.25) is 0 Å². The van der Waals surface area contributed by atoms with Gasteiger partial charge in [-0.05, 0) is 47.2 Å². The van der Waals surface area contributed by atoms with E-state index in [4.69, 9.17) is 0 Å². The minimum Gasteiger partial charge on any atom is -0.309 e. The molecule has 0 aliphatic rings. The molecule has 0 saturated carbocycles. The molecule has 0 aliphatic carbocycles. The minimum absolute atomic E-state index is 0.0201. The third-order valence-electron chi connectivity index (χ3n) is 8.51. The number of nitrogens with zero attached hydrogens (tertiary/aromatic N) is 4. The minimum atomic E-state index is 0.0201. The van der Waals surface area contributed by atoms with E-state index in [-0.39, 0.29) is 11.8 Å². The van der Waals surface area contributed by atoms with Crippen molar-refractivity contribution in [3.05, 3.63) is 119 Å². The van der Waals surface area contributed by atoms with E-state index >= 15 is 0 Å². The first kappa shape index (κ1) is 25.6. The molecule has 0 fully saturated rings. The second kappa shape index (κ2) is 9.65. The molecule has 0 radical (unpaired) electrons. The average Bonchev–Trinajstić information content (AvgIpc) is 3.52. The molecule has 0 spiro atoms. The molecule has 0 aliphatic heterocycles. The van der Waals surface area contributed by atoms with Gasteiger partial charge < -0.3 is 9.13 Å². The van der Waals surface area contributed by atoms with Crippen LogP contribution in [0.3, 0.4) is 0 Å². The summed E-state index contributed by atoms with van der Waals surface area (Å²) in [5.74, 6) is 0.0401. The van der Waals surface area contributed by atoms with Crippen LogP contribution in [0.4, 0.5) is 0 Å². The molecule has 5 aromatic carbocycles. The molecule has 0 bridgehead atoms. The lowest BCUT2D eigenvalue weighted by molar-refractivity contribution is 0.805. The molecule has 0 saturated heterocycles. The molecule has 0 atom stereocenters. The Labute approximate surface area is 245 Å². The Morgan fingerprint density at radius 3 is 1.02 bits per heavy atom. The maximum atomic E-state index is 11.0. The SMILES string of the molecule is CC(C)c1c(C#N)c(-n2c3ccccc3c3ccccc32)c(C#N)c(C(C)C)c1-n1c2ccccc2c2ccccc21. The summed E-state index contributed by atoms with van der Waals surface area (Å²) in [6, 6.07) is 38.6. The van der Waals surface area contributed by atoms with E-state index in [1.54, 1.807) is 0 Å². The van der Waals surface area contributed by atoms with E-state index in [0.29, 0.717) is 16.8 Å². The number of nitriles is 2. The van der Waals surface area contributed by atoms with E-state index in [0.717, 1.165) is 60.4 Å². The molecule has 0 N–H and O–H groups in total. The van der Waals surface area contributed by atoms with Crippen molar-refractivity contribution in [3.63, 3.8) is 0 Å². The van der Waals surface area contributed by atoms with Crippen LogP contribution in [0.2, 0.25) is 0 Å². The van der Waals surface area contributed by atoms with Gasteiger partial charge in [-0.1, -0.05) is 100 Å². The first-order chi connectivity index (χ1) is 20.5. The summed E-state index contributed by atoms with van der Waals surface area (Å²) in [5, 5.41) is 26.5. The lowest BCUT2D eigenvalue weighted by atomic mass is 9.83. The number of aromatic nitrogens is 2.